The van der Waals surface area contributed by atoms with Crippen molar-refractivity contribution < 1.29 is 0 Å². The number of hydrogen-bond donors (Lipinski definition) is 1. The fraction of sp³-hybridized carbons (Fsp3) is 0.300. The summed E-state index contributed by atoms with van der Waals surface area (Å²) >= 11 is 0. The molecule has 0 aliphatic carbocycles. The number of anilines is 2. The van der Waals surface area contributed by atoms with Crippen LogP contribution in [-0.4, -0.2) is 28.9 Å². The van der Waals surface area contributed by atoms with Gasteiger partial charge in [0.15, 0.2) is 0 Å². The normalized spacial score (nSPS) is 19.2. The van der Waals surface area contributed by atoms with Crippen LogP contribution in [0.1, 0.15) is 35.2 Å². The topological polar surface area (TPSA) is 46.0 Å². The Morgan fingerprint density at radius 2 is 1.68 bits per heavy atom. The first-order chi connectivity index (χ1) is 12.1. The number of aromatic nitrogens is 3. The van der Waals surface area contributed by atoms with Crippen molar-refractivity contribution in [3.8, 4) is 0 Å². The lowest BCUT2D eigenvalue weighted by Crippen LogP contribution is -2.28. The molecule has 1 aliphatic heterocycles. The van der Waals surface area contributed by atoms with Crippen LogP contribution >= 0.6 is 0 Å². The van der Waals surface area contributed by atoms with Crippen molar-refractivity contribution in [2.24, 2.45) is 0 Å². The Kier molecular flexibility index (Phi) is 3.92. The Balaban J connectivity index is 1.68. The van der Waals surface area contributed by atoms with Crippen LogP contribution in [-0.2, 0) is 0 Å². The maximum absolute atomic E-state index is 4.45. The summed E-state index contributed by atoms with van der Waals surface area (Å²) in [6.07, 6.45) is 2.57. The van der Waals surface area contributed by atoms with E-state index in [9.17, 15) is 0 Å². The number of fused-ring (bicyclic) bond motifs is 1. The standard InChI is InChI=1S/C20H23N5/c1-14-4-6-15(7-5-14)18-12-19(25-20(23-18)21-13-22-25)16-8-10-17(11-9-16)24(2)3/h4-11,13,18-19H,12H2,1-3H3,(H,21,22,23)/t18-,19+/m1/s1. The van der Waals surface area contributed by atoms with Crippen molar-refractivity contribution in [2.75, 3.05) is 24.3 Å². The van der Waals surface area contributed by atoms with Gasteiger partial charge < -0.3 is 10.2 Å². The summed E-state index contributed by atoms with van der Waals surface area (Å²) in [5.41, 5.74) is 5.02. The molecule has 0 unspecified atom stereocenters. The fourth-order valence-corrected chi connectivity index (χ4v) is 3.41. The second-order valence-corrected chi connectivity index (χ2v) is 6.87. The molecule has 1 N–H and O–H groups in total. The summed E-state index contributed by atoms with van der Waals surface area (Å²) in [5.74, 6) is 0.832. The number of rotatable bonds is 3. The molecule has 5 heteroatoms. The van der Waals surface area contributed by atoms with Gasteiger partial charge in [-0.3, -0.25) is 0 Å². The molecule has 2 atom stereocenters. The van der Waals surface area contributed by atoms with E-state index in [1.807, 2.05) is 4.68 Å². The minimum atomic E-state index is 0.182. The molecule has 0 amide bonds. The molecule has 0 saturated carbocycles. The lowest BCUT2D eigenvalue weighted by Gasteiger charge is -2.32. The fourth-order valence-electron chi connectivity index (χ4n) is 3.41. The van der Waals surface area contributed by atoms with E-state index in [0.29, 0.717) is 0 Å². The van der Waals surface area contributed by atoms with E-state index in [-0.39, 0.29) is 12.1 Å². The minimum absolute atomic E-state index is 0.182. The van der Waals surface area contributed by atoms with Crippen LogP contribution in [0.4, 0.5) is 11.6 Å². The van der Waals surface area contributed by atoms with Gasteiger partial charge in [-0.05, 0) is 36.6 Å². The monoisotopic (exact) mass is 333 g/mol. The van der Waals surface area contributed by atoms with Crippen molar-refractivity contribution in [1.29, 1.82) is 0 Å². The van der Waals surface area contributed by atoms with Crippen LogP contribution in [0.15, 0.2) is 54.9 Å². The highest BCUT2D eigenvalue weighted by atomic mass is 15.4. The van der Waals surface area contributed by atoms with E-state index in [2.05, 4.69) is 89.8 Å². The van der Waals surface area contributed by atoms with E-state index in [1.54, 1.807) is 6.33 Å². The van der Waals surface area contributed by atoms with Crippen molar-refractivity contribution in [1.82, 2.24) is 14.8 Å². The summed E-state index contributed by atoms with van der Waals surface area (Å²) in [5, 5.41) is 7.97. The van der Waals surface area contributed by atoms with Crippen molar-refractivity contribution >= 4 is 11.6 Å². The van der Waals surface area contributed by atoms with Crippen molar-refractivity contribution in [3.63, 3.8) is 0 Å². The van der Waals surface area contributed by atoms with E-state index >= 15 is 0 Å². The summed E-state index contributed by atoms with van der Waals surface area (Å²) < 4.78 is 2.00. The van der Waals surface area contributed by atoms with E-state index < -0.39 is 0 Å². The lowest BCUT2D eigenvalue weighted by molar-refractivity contribution is 0.431. The molecular weight excluding hydrogens is 310 g/mol. The molecule has 0 bridgehead atoms. The summed E-state index contributed by atoms with van der Waals surface area (Å²) in [6, 6.07) is 17.9. The predicted octanol–water partition coefficient (Wildman–Crippen LogP) is 3.80. The van der Waals surface area contributed by atoms with Gasteiger partial charge in [0.25, 0.3) is 0 Å². The molecule has 25 heavy (non-hydrogen) atoms. The molecule has 0 fully saturated rings. The molecule has 1 aromatic heterocycles. The molecule has 0 spiro atoms. The summed E-state index contributed by atoms with van der Waals surface area (Å²) in [7, 11) is 4.12. The molecule has 3 aromatic rings. The molecule has 128 valence electrons. The van der Waals surface area contributed by atoms with Gasteiger partial charge in [0.2, 0.25) is 5.95 Å². The third-order valence-corrected chi connectivity index (χ3v) is 4.90. The van der Waals surface area contributed by atoms with Gasteiger partial charge in [0, 0.05) is 19.8 Å². The number of nitrogens with one attached hydrogen (secondary N) is 1. The highest BCUT2D eigenvalue weighted by molar-refractivity contribution is 5.47. The molecular formula is C20H23N5. The zero-order chi connectivity index (χ0) is 17.4. The number of nitrogens with zero attached hydrogens (tertiary/aromatic N) is 4. The van der Waals surface area contributed by atoms with E-state index in [1.165, 1.54) is 22.4 Å². The Bertz CT molecular complexity index is 849. The zero-order valence-corrected chi connectivity index (χ0v) is 14.8. The largest absolute Gasteiger partial charge is 0.378 e. The Morgan fingerprint density at radius 1 is 1.00 bits per heavy atom. The molecule has 2 heterocycles. The smallest absolute Gasteiger partial charge is 0.222 e. The SMILES string of the molecule is Cc1ccc([C@H]2C[C@@H](c3ccc(N(C)C)cc3)n3ncnc3N2)cc1. The molecule has 0 radical (unpaired) electrons. The second kappa shape index (κ2) is 6.24. The number of hydrogen-bond acceptors (Lipinski definition) is 4. The average molecular weight is 333 g/mol. The predicted molar refractivity (Wildman–Crippen MR) is 101 cm³/mol. The van der Waals surface area contributed by atoms with Crippen LogP contribution in [0.5, 0.6) is 0 Å². The van der Waals surface area contributed by atoms with Gasteiger partial charge in [0.05, 0.1) is 12.1 Å². The van der Waals surface area contributed by atoms with Crippen LogP contribution in [0, 0.1) is 6.92 Å². The van der Waals surface area contributed by atoms with Crippen molar-refractivity contribution in [2.45, 2.75) is 25.4 Å². The zero-order valence-electron chi connectivity index (χ0n) is 14.8. The lowest BCUT2D eigenvalue weighted by atomic mass is 9.93. The Labute approximate surface area is 148 Å². The highest BCUT2D eigenvalue weighted by Crippen LogP contribution is 2.37. The van der Waals surface area contributed by atoms with Crippen LogP contribution in [0.3, 0.4) is 0 Å². The summed E-state index contributed by atoms with van der Waals surface area (Å²) in [4.78, 5) is 6.52. The minimum Gasteiger partial charge on any atom is -0.378 e. The second-order valence-electron chi connectivity index (χ2n) is 6.87. The van der Waals surface area contributed by atoms with Crippen molar-refractivity contribution in [3.05, 3.63) is 71.5 Å². The van der Waals surface area contributed by atoms with Gasteiger partial charge in [-0.25, -0.2) is 4.68 Å². The van der Waals surface area contributed by atoms with E-state index in [4.69, 9.17) is 0 Å². The Hall–Kier alpha value is -2.82. The first kappa shape index (κ1) is 15.7. The van der Waals surface area contributed by atoms with Gasteiger partial charge in [-0.2, -0.15) is 10.1 Å². The quantitative estimate of drug-likeness (QED) is 0.792. The van der Waals surface area contributed by atoms with Gasteiger partial charge >= 0.3 is 0 Å². The highest BCUT2D eigenvalue weighted by Gasteiger charge is 2.29. The number of aryl methyl sites for hydroxylation is 1. The molecule has 0 saturated heterocycles. The third kappa shape index (κ3) is 2.97. The van der Waals surface area contributed by atoms with Gasteiger partial charge in [0.1, 0.15) is 6.33 Å². The van der Waals surface area contributed by atoms with Crippen LogP contribution < -0.4 is 10.2 Å². The molecule has 5 nitrogen and oxygen atoms in total. The maximum Gasteiger partial charge on any atom is 0.222 e. The first-order valence-electron chi connectivity index (χ1n) is 8.62. The van der Waals surface area contributed by atoms with Crippen LogP contribution in [0.25, 0.3) is 0 Å². The van der Waals surface area contributed by atoms with Crippen LogP contribution in [0.2, 0.25) is 0 Å². The van der Waals surface area contributed by atoms with Gasteiger partial charge in [-0.1, -0.05) is 42.0 Å². The molecule has 4 rings (SSSR count). The molecule has 2 aromatic carbocycles. The maximum atomic E-state index is 4.45. The first-order valence-corrected chi connectivity index (χ1v) is 8.62. The number of benzene rings is 2. The average Bonchev–Trinajstić information content (AvgIpc) is 3.10. The van der Waals surface area contributed by atoms with E-state index in [0.717, 1.165) is 12.4 Å². The summed E-state index contributed by atoms with van der Waals surface area (Å²) in [6.45, 7) is 2.11. The Morgan fingerprint density at radius 3 is 2.36 bits per heavy atom. The molecule has 1 aliphatic rings. The van der Waals surface area contributed by atoms with Gasteiger partial charge in [-0.15, -0.1) is 0 Å². The third-order valence-electron chi connectivity index (χ3n) is 4.90.